The van der Waals surface area contributed by atoms with Gasteiger partial charge in [0.25, 0.3) is 5.56 Å². The van der Waals surface area contributed by atoms with Crippen molar-refractivity contribution in [1.29, 1.82) is 0 Å². The lowest BCUT2D eigenvalue weighted by Gasteiger charge is -2.24. The van der Waals surface area contributed by atoms with Gasteiger partial charge in [0.1, 0.15) is 12.4 Å². The van der Waals surface area contributed by atoms with Crippen LogP contribution in [0, 0.1) is 0 Å². The molecule has 4 aromatic rings. The molecule has 0 spiro atoms. The molecule has 0 saturated carbocycles. The molecule has 6 nitrogen and oxygen atoms in total. The highest BCUT2D eigenvalue weighted by atomic mass is 35.5. The molecule has 1 aliphatic heterocycles. The lowest BCUT2D eigenvalue weighted by Crippen LogP contribution is -2.39. The average Bonchev–Trinajstić information content (AvgIpc) is 3.22. The zero-order chi connectivity index (χ0) is 26.8. The topological polar surface area (TPSA) is 69.9 Å². The second-order valence-electron chi connectivity index (χ2n) is 8.55. The van der Waals surface area contributed by atoms with Crippen molar-refractivity contribution in [1.82, 2.24) is 4.57 Å². The summed E-state index contributed by atoms with van der Waals surface area (Å²) in [5.41, 5.74) is 2.90. The lowest BCUT2D eigenvalue weighted by atomic mass is 9.96. The fourth-order valence-corrected chi connectivity index (χ4v) is 5.81. The van der Waals surface area contributed by atoms with Gasteiger partial charge in [0.2, 0.25) is 0 Å². The first-order valence-electron chi connectivity index (χ1n) is 11.7. The molecule has 0 amide bonds. The molecule has 5 rings (SSSR count). The van der Waals surface area contributed by atoms with E-state index in [0.717, 1.165) is 16.7 Å². The van der Waals surface area contributed by atoms with Gasteiger partial charge in [-0.05, 0) is 36.8 Å². The van der Waals surface area contributed by atoms with Crippen molar-refractivity contribution in [3.63, 3.8) is 0 Å². The van der Waals surface area contributed by atoms with Crippen molar-refractivity contribution >= 4 is 46.6 Å². The first-order valence-corrected chi connectivity index (χ1v) is 13.3. The van der Waals surface area contributed by atoms with E-state index < -0.39 is 12.0 Å². The zero-order valence-corrected chi connectivity index (χ0v) is 22.8. The van der Waals surface area contributed by atoms with E-state index in [1.165, 1.54) is 18.4 Å². The van der Waals surface area contributed by atoms with Gasteiger partial charge in [0.15, 0.2) is 4.80 Å². The number of halogens is 2. The van der Waals surface area contributed by atoms with E-state index in [4.69, 9.17) is 32.7 Å². The van der Waals surface area contributed by atoms with Crippen LogP contribution < -0.4 is 19.6 Å². The summed E-state index contributed by atoms with van der Waals surface area (Å²) < 4.78 is 13.1. The minimum atomic E-state index is -0.652. The third kappa shape index (κ3) is 5.05. The molecule has 38 heavy (non-hydrogen) atoms. The number of methoxy groups -OCH3 is 1. The highest BCUT2D eigenvalue weighted by Crippen LogP contribution is 2.30. The van der Waals surface area contributed by atoms with Gasteiger partial charge in [0.05, 0.1) is 29.0 Å². The molecular weight excluding hydrogens is 543 g/mol. The Morgan fingerprint density at radius 2 is 1.82 bits per heavy atom. The standard InChI is InChI=1S/C29H22Cl2N2O4S/c1-17-25(28(35)36-2)26(18-8-4-3-5-9-18)33-27(34)24(38-29(33)32-17)14-19-10-6-7-11-23(19)37-16-20-12-13-21(30)15-22(20)31/h3-15,26H,16H2,1-2H3. The number of ether oxygens (including phenoxy) is 2. The van der Waals surface area contributed by atoms with Gasteiger partial charge in [-0.3, -0.25) is 9.36 Å². The molecule has 3 aromatic carbocycles. The van der Waals surface area contributed by atoms with Crippen molar-refractivity contribution in [3.05, 3.63) is 130 Å². The van der Waals surface area contributed by atoms with Crippen LogP contribution in [0.15, 0.2) is 93.9 Å². The molecule has 0 N–H and O–H groups in total. The Kier molecular flexibility index (Phi) is 7.51. The maximum Gasteiger partial charge on any atom is 0.338 e. The number of thiazole rings is 1. The van der Waals surface area contributed by atoms with Crippen molar-refractivity contribution in [2.75, 3.05) is 7.11 Å². The van der Waals surface area contributed by atoms with E-state index in [1.54, 1.807) is 29.7 Å². The molecule has 0 bridgehead atoms. The molecule has 192 valence electrons. The number of rotatable bonds is 6. The quantitative estimate of drug-likeness (QED) is 0.298. The first-order chi connectivity index (χ1) is 18.4. The summed E-state index contributed by atoms with van der Waals surface area (Å²) in [6.45, 7) is 1.99. The fourth-order valence-electron chi connectivity index (χ4n) is 4.31. The first kappa shape index (κ1) is 26.0. The normalized spacial score (nSPS) is 15.2. The number of para-hydroxylation sites is 1. The number of carbonyl (C=O) groups excluding carboxylic acids is 1. The van der Waals surface area contributed by atoms with Gasteiger partial charge in [-0.2, -0.15) is 0 Å². The summed E-state index contributed by atoms with van der Waals surface area (Å²) in [6, 6.07) is 21.4. The number of benzene rings is 3. The highest BCUT2D eigenvalue weighted by molar-refractivity contribution is 7.07. The number of hydrogen-bond acceptors (Lipinski definition) is 6. The van der Waals surface area contributed by atoms with Gasteiger partial charge in [-0.1, -0.05) is 89.1 Å². The van der Waals surface area contributed by atoms with Crippen molar-refractivity contribution in [3.8, 4) is 5.75 Å². The van der Waals surface area contributed by atoms with Gasteiger partial charge < -0.3 is 9.47 Å². The van der Waals surface area contributed by atoms with Crippen LogP contribution in [0.1, 0.15) is 29.7 Å². The van der Waals surface area contributed by atoms with Crippen LogP contribution in [0.5, 0.6) is 5.75 Å². The van der Waals surface area contributed by atoms with Crippen molar-refractivity contribution in [2.45, 2.75) is 19.6 Å². The van der Waals surface area contributed by atoms with E-state index in [-0.39, 0.29) is 12.2 Å². The van der Waals surface area contributed by atoms with Gasteiger partial charge in [-0.25, -0.2) is 9.79 Å². The molecule has 0 fully saturated rings. The summed E-state index contributed by atoms with van der Waals surface area (Å²) in [5.74, 6) is 0.0735. The van der Waals surface area contributed by atoms with E-state index in [2.05, 4.69) is 4.99 Å². The Labute approximate surface area is 232 Å². The van der Waals surface area contributed by atoms with Gasteiger partial charge in [0, 0.05) is 21.2 Å². The van der Waals surface area contributed by atoms with Crippen LogP contribution in [0.2, 0.25) is 10.0 Å². The minimum absolute atomic E-state index is 0.234. The minimum Gasteiger partial charge on any atom is -0.488 e. The summed E-state index contributed by atoms with van der Waals surface area (Å²) in [6.07, 6.45) is 1.78. The van der Waals surface area contributed by atoms with Crippen LogP contribution in [-0.2, 0) is 16.1 Å². The second-order valence-corrected chi connectivity index (χ2v) is 10.4. The molecule has 1 unspecified atom stereocenters. The summed E-state index contributed by atoms with van der Waals surface area (Å²) in [5, 5.41) is 1.06. The SMILES string of the molecule is COC(=O)C1=C(C)N=c2sc(=Cc3ccccc3OCc3ccc(Cl)cc3Cl)c(=O)n2C1c1ccccc1. The number of esters is 1. The lowest BCUT2D eigenvalue weighted by molar-refractivity contribution is -0.136. The highest BCUT2D eigenvalue weighted by Gasteiger charge is 2.32. The molecule has 1 atom stereocenters. The number of nitrogens with zero attached hydrogens (tertiary/aromatic N) is 2. The Hall–Kier alpha value is -3.65. The molecule has 0 aliphatic carbocycles. The predicted molar refractivity (Wildman–Crippen MR) is 149 cm³/mol. The Morgan fingerprint density at radius 3 is 2.55 bits per heavy atom. The molecular formula is C29H22Cl2N2O4S. The van der Waals surface area contributed by atoms with E-state index in [0.29, 0.717) is 36.4 Å². The zero-order valence-electron chi connectivity index (χ0n) is 20.5. The maximum absolute atomic E-state index is 13.8. The summed E-state index contributed by atoms with van der Waals surface area (Å²) in [7, 11) is 1.32. The number of aromatic nitrogens is 1. The molecule has 1 aromatic heterocycles. The Balaban J connectivity index is 1.58. The Bertz CT molecular complexity index is 1740. The van der Waals surface area contributed by atoms with E-state index >= 15 is 0 Å². The molecule has 9 heteroatoms. The summed E-state index contributed by atoms with van der Waals surface area (Å²) in [4.78, 5) is 31.6. The maximum atomic E-state index is 13.8. The summed E-state index contributed by atoms with van der Waals surface area (Å²) >= 11 is 13.6. The number of carbonyl (C=O) groups is 1. The fraction of sp³-hybridized carbons (Fsp3) is 0.138. The molecule has 0 saturated heterocycles. The second kappa shape index (κ2) is 11.0. The number of fused-ring (bicyclic) bond motifs is 1. The molecule has 2 heterocycles. The third-order valence-corrected chi connectivity index (χ3v) is 7.72. The average molecular weight is 565 g/mol. The van der Waals surface area contributed by atoms with Crippen LogP contribution in [-0.4, -0.2) is 17.6 Å². The monoisotopic (exact) mass is 564 g/mol. The number of allylic oxidation sites excluding steroid dienone is 1. The van der Waals surface area contributed by atoms with Crippen molar-refractivity contribution < 1.29 is 14.3 Å². The predicted octanol–water partition coefficient (Wildman–Crippen LogP) is 5.29. The largest absolute Gasteiger partial charge is 0.488 e. The molecule has 1 aliphatic rings. The van der Waals surface area contributed by atoms with E-state index in [1.807, 2.05) is 60.7 Å². The smallest absolute Gasteiger partial charge is 0.338 e. The van der Waals surface area contributed by atoms with Crippen LogP contribution in [0.4, 0.5) is 0 Å². The van der Waals surface area contributed by atoms with Crippen LogP contribution >= 0.6 is 34.5 Å². The van der Waals surface area contributed by atoms with Crippen LogP contribution in [0.25, 0.3) is 6.08 Å². The molecule has 0 radical (unpaired) electrons. The Morgan fingerprint density at radius 1 is 1.08 bits per heavy atom. The van der Waals surface area contributed by atoms with Crippen LogP contribution in [0.3, 0.4) is 0 Å². The van der Waals surface area contributed by atoms with Crippen molar-refractivity contribution in [2.24, 2.45) is 4.99 Å². The van der Waals surface area contributed by atoms with E-state index in [9.17, 15) is 9.59 Å². The third-order valence-electron chi connectivity index (χ3n) is 6.15. The number of hydrogen-bond donors (Lipinski definition) is 0. The van der Waals surface area contributed by atoms with Gasteiger partial charge >= 0.3 is 5.97 Å². The van der Waals surface area contributed by atoms with Gasteiger partial charge in [-0.15, -0.1) is 0 Å².